The van der Waals surface area contributed by atoms with Crippen molar-refractivity contribution >= 4 is 5.96 Å². The first kappa shape index (κ1) is 23.1. The molecule has 1 atom stereocenters. The van der Waals surface area contributed by atoms with Crippen molar-refractivity contribution in [1.29, 1.82) is 0 Å². The van der Waals surface area contributed by atoms with Gasteiger partial charge in [0.05, 0.1) is 25.5 Å². The van der Waals surface area contributed by atoms with Crippen LogP contribution in [0.4, 0.5) is 0 Å². The Balaban J connectivity index is 1.61. The van der Waals surface area contributed by atoms with Crippen molar-refractivity contribution in [1.82, 2.24) is 20.4 Å². The van der Waals surface area contributed by atoms with Crippen LogP contribution in [0.3, 0.4) is 0 Å². The fourth-order valence-electron chi connectivity index (χ4n) is 3.84. The van der Waals surface area contributed by atoms with Gasteiger partial charge in [-0.1, -0.05) is 12.1 Å². The van der Waals surface area contributed by atoms with Crippen molar-refractivity contribution in [2.24, 2.45) is 18.0 Å². The molecule has 0 saturated carbocycles. The molecule has 0 radical (unpaired) electrons. The minimum Gasteiger partial charge on any atom is -0.493 e. The van der Waals surface area contributed by atoms with Gasteiger partial charge in [0.15, 0.2) is 5.96 Å². The van der Waals surface area contributed by atoms with Gasteiger partial charge in [0.25, 0.3) is 0 Å². The van der Waals surface area contributed by atoms with Crippen LogP contribution in [-0.2, 0) is 24.8 Å². The Labute approximate surface area is 186 Å². The number of hydrogen-bond acceptors (Lipinski definition) is 4. The van der Waals surface area contributed by atoms with Crippen molar-refractivity contribution in [3.05, 3.63) is 46.3 Å². The number of nitrogens with zero attached hydrogens (tertiary/aromatic N) is 3. The molecule has 0 amide bonds. The third-order valence-corrected chi connectivity index (χ3v) is 5.80. The molecule has 0 aliphatic carbocycles. The summed E-state index contributed by atoms with van der Waals surface area (Å²) in [6, 6.07) is 6.34. The lowest BCUT2D eigenvalue weighted by atomic mass is 10.1. The quantitative estimate of drug-likeness (QED) is 0.475. The first-order valence-corrected chi connectivity index (χ1v) is 11.3. The van der Waals surface area contributed by atoms with E-state index in [1.165, 1.54) is 16.8 Å². The molecule has 7 nitrogen and oxygen atoms in total. The highest BCUT2D eigenvalue weighted by Crippen LogP contribution is 2.23. The van der Waals surface area contributed by atoms with E-state index in [0.29, 0.717) is 19.1 Å². The number of nitrogens with one attached hydrogen (secondary N) is 2. The minimum atomic E-state index is 0.482. The fraction of sp³-hybridized carbons (Fsp3) is 0.583. The van der Waals surface area contributed by atoms with Crippen LogP contribution in [0.5, 0.6) is 5.75 Å². The number of guanidine groups is 1. The molecule has 31 heavy (non-hydrogen) atoms. The normalized spacial score (nSPS) is 16.5. The van der Waals surface area contributed by atoms with Crippen LogP contribution in [0.1, 0.15) is 41.4 Å². The molecule has 2 N–H and O–H groups in total. The van der Waals surface area contributed by atoms with Gasteiger partial charge in [-0.15, -0.1) is 0 Å². The number of ether oxygens (including phenoxy) is 2. The minimum absolute atomic E-state index is 0.482. The van der Waals surface area contributed by atoms with Gasteiger partial charge in [-0.05, 0) is 57.7 Å². The Morgan fingerprint density at radius 1 is 1.29 bits per heavy atom. The average Bonchev–Trinajstić information content (AvgIpc) is 3.35. The predicted octanol–water partition coefficient (Wildman–Crippen LogP) is 3.06. The molecule has 2 heterocycles. The molecule has 1 aliphatic heterocycles. The Bertz CT molecular complexity index is 884. The molecule has 0 bridgehead atoms. The summed E-state index contributed by atoms with van der Waals surface area (Å²) < 4.78 is 13.6. The summed E-state index contributed by atoms with van der Waals surface area (Å²) in [6.07, 6.45) is 1.99. The molecule has 1 saturated heterocycles. The zero-order valence-electron chi connectivity index (χ0n) is 19.6. The van der Waals surface area contributed by atoms with E-state index in [2.05, 4.69) is 61.6 Å². The first-order valence-electron chi connectivity index (χ1n) is 11.3. The summed E-state index contributed by atoms with van der Waals surface area (Å²) in [5, 5.41) is 11.3. The van der Waals surface area contributed by atoms with Crippen molar-refractivity contribution < 1.29 is 9.47 Å². The molecule has 7 heteroatoms. The van der Waals surface area contributed by atoms with Gasteiger partial charge >= 0.3 is 0 Å². The zero-order chi connectivity index (χ0) is 22.2. The van der Waals surface area contributed by atoms with Gasteiger partial charge in [-0.3, -0.25) is 4.68 Å². The topological polar surface area (TPSA) is 72.7 Å². The van der Waals surface area contributed by atoms with Crippen molar-refractivity contribution in [2.45, 2.75) is 47.1 Å². The van der Waals surface area contributed by atoms with Crippen LogP contribution in [0.15, 0.2) is 23.2 Å². The summed E-state index contributed by atoms with van der Waals surface area (Å²) in [6.45, 7) is 12.9. The number of hydrogen-bond donors (Lipinski definition) is 2. The molecule has 2 aromatic rings. The molecule has 0 spiro atoms. The van der Waals surface area contributed by atoms with Gasteiger partial charge in [0, 0.05) is 43.9 Å². The molecule has 1 fully saturated rings. The van der Waals surface area contributed by atoms with E-state index in [1.54, 1.807) is 0 Å². The number of aryl methyl sites for hydroxylation is 3. The molecule has 1 unspecified atom stereocenters. The molecular weight excluding hydrogens is 390 g/mol. The second-order valence-corrected chi connectivity index (χ2v) is 8.30. The molecular formula is C24H37N5O2. The van der Waals surface area contributed by atoms with E-state index in [-0.39, 0.29) is 0 Å². The lowest BCUT2D eigenvalue weighted by Gasteiger charge is -2.15. The number of rotatable bonds is 9. The zero-order valence-corrected chi connectivity index (χ0v) is 19.6. The van der Waals surface area contributed by atoms with Crippen LogP contribution in [-0.4, -0.2) is 48.7 Å². The molecule has 1 aliphatic rings. The van der Waals surface area contributed by atoms with Crippen LogP contribution < -0.4 is 15.4 Å². The average molecular weight is 428 g/mol. The van der Waals surface area contributed by atoms with Gasteiger partial charge < -0.3 is 20.1 Å². The summed E-state index contributed by atoms with van der Waals surface area (Å²) in [5.41, 5.74) is 5.91. The SMILES string of the molecule is CCNC(=NCc1ccc(C)cc1OCC1CCOC1)NCCc1c(C)nn(C)c1C. The van der Waals surface area contributed by atoms with Crippen LogP contribution >= 0.6 is 0 Å². The second kappa shape index (κ2) is 11.2. The van der Waals surface area contributed by atoms with Crippen molar-refractivity contribution in [2.75, 3.05) is 32.9 Å². The summed E-state index contributed by atoms with van der Waals surface area (Å²) in [5.74, 6) is 2.22. The maximum Gasteiger partial charge on any atom is 0.191 e. The number of aromatic nitrogens is 2. The predicted molar refractivity (Wildman–Crippen MR) is 125 cm³/mol. The maximum atomic E-state index is 6.16. The van der Waals surface area contributed by atoms with Gasteiger partial charge in [-0.2, -0.15) is 5.10 Å². The van der Waals surface area contributed by atoms with E-state index < -0.39 is 0 Å². The van der Waals surface area contributed by atoms with E-state index in [0.717, 1.165) is 62.1 Å². The smallest absolute Gasteiger partial charge is 0.191 e. The monoisotopic (exact) mass is 427 g/mol. The highest BCUT2D eigenvalue weighted by Gasteiger charge is 2.17. The van der Waals surface area contributed by atoms with Crippen LogP contribution in [0, 0.1) is 26.7 Å². The van der Waals surface area contributed by atoms with E-state index >= 15 is 0 Å². The standard InChI is InChI=1S/C24H37N5O2/c1-6-25-24(26-11-9-22-18(3)28-29(5)19(22)4)27-14-21-8-7-17(2)13-23(21)31-16-20-10-12-30-15-20/h7-8,13,20H,6,9-12,14-16H2,1-5H3,(H2,25,26,27). The summed E-state index contributed by atoms with van der Waals surface area (Å²) in [7, 11) is 1.99. The molecule has 170 valence electrons. The third-order valence-electron chi connectivity index (χ3n) is 5.80. The van der Waals surface area contributed by atoms with E-state index in [1.807, 2.05) is 11.7 Å². The fourth-order valence-corrected chi connectivity index (χ4v) is 3.84. The van der Waals surface area contributed by atoms with Gasteiger partial charge in [-0.25, -0.2) is 4.99 Å². The lowest BCUT2D eigenvalue weighted by Crippen LogP contribution is -2.38. The number of aliphatic imine (C=N–C) groups is 1. The third kappa shape index (κ3) is 6.47. The first-order chi connectivity index (χ1) is 15.0. The summed E-state index contributed by atoms with van der Waals surface area (Å²) in [4.78, 5) is 4.80. The highest BCUT2D eigenvalue weighted by molar-refractivity contribution is 5.79. The Hall–Kier alpha value is -2.54. The Kier molecular flexibility index (Phi) is 8.35. The maximum absolute atomic E-state index is 6.16. The van der Waals surface area contributed by atoms with Crippen molar-refractivity contribution in [3.63, 3.8) is 0 Å². The van der Waals surface area contributed by atoms with Crippen LogP contribution in [0.2, 0.25) is 0 Å². The summed E-state index contributed by atoms with van der Waals surface area (Å²) >= 11 is 0. The van der Waals surface area contributed by atoms with E-state index in [4.69, 9.17) is 14.5 Å². The van der Waals surface area contributed by atoms with Crippen molar-refractivity contribution in [3.8, 4) is 5.75 Å². The van der Waals surface area contributed by atoms with Gasteiger partial charge in [0.1, 0.15) is 5.75 Å². The van der Waals surface area contributed by atoms with E-state index in [9.17, 15) is 0 Å². The Morgan fingerprint density at radius 2 is 2.13 bits per heavy atom. The highest BCUT2D eigenvalue weighted by atomic mass is 16.5. The molecule has 1 aromatic heterocycles. The lowest BCUT2D eigenvalue weighted by molar-refractivity contribution is 0.166. The number of benzene rings is 1. The van der Waals surface area contributed by atoms with Gasteiger partial charge in [0.2, 0.25) is 0 Å². The Morgan fingerprint density at radius 3 is 2.81 bits per heavy atom. The second-order valence-electron chi connectivity index (χ2n) is 8.30. The molecule has 3 rings (SSSR count). The molecule has 1 aromatic carbocycles. The largest absolute Gasteiger partial charge is 0.493 e. The van der Waals surface area contributed by atoms with Crippen LogP contribution in [0.25, 0.3) is 0 Å².